The van der Waals surface area contributed by atoms with Crippen molar-refractivity contribution in [2.45, 2.75) is 25.8 Å². The third kappa shape index (κ3) is 3.91. The number of pyridine rings is 3. The van der Waals surface area contributed by atoms with Crippen LogP contribution < -0.4 is 15.8 Å². The lowest BCUT2D eigenvalue weighted by Crippen LogP contribution is -2.34. The summed E-state index contributed by atoms with van der Waals surface area (Å²) in [5.41, 5.74) is 8.81. The molecule has 3 aromatic heterocycles. The number of nitrogen functional groups attached to an aromatic ring is 1. The van der Waals surface area contributed by atoms with Crippen LogP contribution in [0.3, 0.4) is 0 Å². The average molecular weight is 453 g/mol. The summed E-state index contributed by atoms with van der Waals surface area (Å²) < 4.78 is 25.5. The van der Waals surface area contributed by atoms with Gasteiger partial charge >= 0.3 is 0 Å². The van der Waals surface area contributed by atoms with E-state index in [0.717, 1.165) is 22.8 Å². The molecule has 1 amide bonds. The third-order valence-corrected chi connectivity index (χ3v) is 7.20. The Balaban J connectivity index is 1.33. The molecule has 2 fully saturated rings. The number of hydrogen-bond acceptors (Lipinski definition) is 7. The lowest BCUT2D eigenvalue weighted by molar-refractivity contribution is -0.118. The van der Waals surface area contributed by atoms with E-state index in [-0.39, 0.29) is 29.7 Å². The summed E-state index contributed by atoms with van der Waals surface area (Å²) in [5, 5.41) is 4.46. The molecular weight excluding hydrogens is 428 g/mol. The van der Waals surface area contributed by atoms with Gasteiger partial charge in [-0.25, -0.2) is 23.1 Å². The Morgan fingerprint density at radius 2 is 1.94 bits per heavy atom. The van der Waals surface area contributed by atoms with Crippen LogP contribution >= 0.6 is 0 Å². The van der Waals surface area contributed by atoms with E-state index in [1.54, 1.807) is 24.7 Å². The number of nitrogens with zero attached hydrogens (tertiary/aromatic N) is 3. The van der Waals surface area contributed by atoms with Crippen molar-refractivity contribution in [1.29, 1.82) is 0 Å². The van der Waals surface area contributed by atoms with Gasteiger partial charge in [-0.05, 0) is 60.7 Å². The van der Waals surface area contributed by atoms with Crippen LogP contribution in [0.15, 0.2) is 36.8 Å². The first kappa shape index (κ1) is 20.8. The number of anilines is 2. The first-order valence-electron chi connectivity index (χ1n) is 10.4. The van der Waals surface area contributed by atoms with E-state index < -0.39 is 10.0 Å². The zero-order valence-electron chi connectivity index (χ0n) is 17.7. The predicted octanol–water partition coefficient (Wildman–Crippen LogP) is 2.09. The van der Waals surface area contributed by atoms with Crippen LogP contribution in [0.1, 0.15) is 18.4 Å². The molecule has 0 bridgehead atoms. The summed E-state index contributed by atoms with van der Waals surface area (Å²) in [4.78, 5) is 25.8. The van der Waals surface area contributed by atoms with Crippen molar-refractivity contribution >= 4 is 38.3 Å². The van der Waals surface area contributed by atoms with Gasteiger partial charge in [0.25, 0.3) is 0 Å². The monoisotopic (exact) mass is 452 g/mol. The highest BCUT2D eigenvalue weighted by atomic mass is 32.2. The van der Waals surface area contributed by atoms with Crippen molar-refractivity contribution in [1.82, 2.24) is 19.7 Å². The lowest BCUT2D eigenvalue weighted by Gasteiger charge is -2.14. The number of rotatable bonds is 5. The van der Waals surface area contributed by atoms with E-state index >= 15 is 0 Å². The van der Waals surface area contributed by atoms with Crippen LogP contribution in [0, 0.1) is 24.7 Å². The van der Waals surface area contributed by atoms with Gasteiger partial charge in [0.05, 0.1) is 11.9 Å². The Kier molecular flexibility index (Phi) is 4.86. The number of fused-ring (bicyclic) bond motifs is 2. The summed E-state index contributed by atoms with van der Waals surface area (Å²) in [6, 6.07) is 5.55. The van der Waals surface area contributed by atoms with E-state index in [2.05, 4.69) is 25.0 Å². The maximum Gasteiger partial charge on any atom is 0.229 e. The third-order valence-electron chi connectivity index (χ3n) is 6.44. The first-order chi connectivity index (χ1) is 15.2. The molecule has 0 radical (unpaired) electrons. The number of carbonyl (C=O) groups excluding carboxylic acids is 1. The lowest BCUT2D eigenvalue weighted by atomic mass is 10.1. The smallest absolute Gasteiger partial charge is 0.229 e. The quantitative estimate of drug-likeness (QED) is 0.538. The predicted molar refractivity (Wildman–Crippen MR) is 122 cm³/mol. The zero-order chi connectivity index (χ0) is 22.6. The van der Waals surface area contributed by atoms with Gasteiger partial charge in [-0.2, -0.15) is 0 Å². The fourth-order valence-electron chi connectivity index (χ4n) is 4.95. The topological polar surface area (TPSA) is 140 Å². The Labute approximate surface area is 185 Å². The van der Waals surface area contributed by atoms with Crippen molar-refractivity contribution in [3.05, 3.63) is 42.4 Å². The maximum atomic E-state index is 12.8. The molecule has 2 aliphatic rings. The average Bonchev–Trinajstić information content (AvgIpc) is 3.23. The van der Waals surface area contributed by atoms with Gasteiger partial charge in [-0.3, -0.25) is 9.78 Å². The molecule has 4 atom stereocenters. The van der Waals surface area contributed by atoms with E-state index in [9.17, 15) is 13.2 Å². The molecule has 0 spiro atoms. The number of carbonyl (C=O) groups is 1. The second-order valence-corrected chi connectivity index (χ2v) is 10.6. The number of hydrogen-bond donors (Lipinski definition) is 3. The standard InChI is InChI=1S/C22H24N6O3S/c1-11-3-4-24-9-16(11)18-5-12-6-19(25-10-17(12)21(23)26-18)27-22(29)20-14-7-13(8-15(14)20)28-32(2,30)31/h3-6,9-10,13-15,20,28H,7-8H2,1-2H3,(H2,23,26)(H,25,27,29)/t13?,14-,15+,20+. The largest absolute Gasteiger partial charge is 0.383 e. The van der Waals surface area contributed by atoms with E-state index in [4.69, 9.17) is 5.73 Å². The maximum absolute atomic E-state index is 12.8. The highest BCUT2D eigenvalue weighted by Crippen LogP contribution is 2.57. The normalized spacial score (nSPS) is 24.3. The molecular formula is C22H24N6O3S. The molecule has 4 N–H and O–H groups in total. The van der Waals surface area contributed by atoms with Gasteiger partial charge in [0.15, 0.2) is 0 Å². The molecule has 0 aliphatic heterocycles. The van der Waals surface area contributed by atoms with Gasteiger partial charge in [-0.15, -0.1) is 0 Å². The Bertz CT molecular complexity index is 1330. The van der Waals surface area contributed by atoms with Crippen LogP contribution in [-0.2, 0) is 14.8 Å². The minimum absolute atomic E-state index is 0.0741. The van der Waals surface area contributed by atoms with Gasteiger partial charge in [0.2, 0.25) is 15.9 Å². The molecule has 32 heavy (non-hydrogen) atoms. The van der Waals surface area contributed by atoms with Crippen LogP contribution in [0.4, 0.5) is 11.6 Å². The van der Waals surface area contributed by atoms with Crippen LogP contribution in [0.25, 0.3) is 22.0 Å². The summed E-state index contributed by atoms with van der Waals surface area (Å²) in [6.07, 6.45) is 7.65. The molecule has 2 saturated carbocycles. The van der Waals surface area contributed by atoms with Gasteiger partial charge in [-0.1, -0.05) is 0 Å². The fraction of sp³-hybridized carbons (Fsp3) is 0.364. The molecule has 9 nitrogen and oxygen atoms in total. The van der Waals surface area contributed by atoms with Gasteiger partial charge in [0, 0.05) is 41.5 Å². The van der Waals surface area contributed by atoms with Gasteiger partial charge < -0.3 is 11.1 Å². The SMILES string of the molecule is Cc1ccncc1-c1cc2cc(NC(=O)[C@H]3[C@@H]4CC(NS(C)(=O)=O)C[C@@H]43)ncc2c(N)n1. The first-order valence-corrected chi connectivity index (χ1v) is 12.3. The second-order valence-electron chi connectivity index (χ2n) is 8.78. The molecule has 5 rings (SSSR count). The molecule has 3 aromatic rings. The number of aromatic nitrogens is 3. The highest BCUT2D eigenvalue weighted by Gasteiger charge is 2.59. The Hall–Kier alpha value is -3.11. The number of aryl methyl sites for hydroxylation is 1. The summed E-state index contributed by atoms with van der Waals surface area (Å²) in [7, 11) is -3.23. The van der Waals surface area contributed by atoms with E-state index in [1.165, 1.54) is 0 Å². The Morgan fingerprint density at radius 3 is 2.62 bits per heavy atom. The summed E-state index contributed by atoms with van der Waals surface area (Å²) in [6.45, 7) is 1.99. The van der Waals surface area contributed by atoms with Crippen molar-refractivity contribution in [2.24, 2.45) is 17.8 Å². The van der Waals surface area contributed by atoms with Gasteiger partial charge in [0.1, 0.15) is 11.6 Å². The number of nitrogens with two attached hydrogens (primary N) is 1. The molecule has 166 valence electrons. The molecule has 1 unspecified atom stereocenters. The second kappa shape index (κ2) is 7.49. The van der Waals surface area contributed by atoms with Crippen molar-refractivity contribution in [3.8, 4) is 11.3 Å². The van der Waals surface area contributed by atoms with E-state index in [0.29, 0.717) is 35.6 Å². The molecule has 3 heterocycles. The van der Waals surface area contributed by atoms with Crippen LogP contribution in [0.5, 0.6) is 0 Å². The number of nitrogens with one attached hydrogen (secondary N) is 2. The summed E-state index contributed by atoms with van der Waals surface area (Å²) in [5.74, 6) is 1.09. The number of sulfonamides is 1. The molecule has 10 heteroatoms. The fourth-order valence-corrected chi connectivity index (χ4v) is 5.75. The molecule has 0 saturated heterocycles. The zero-order valence-corrected chi connectivity index (χ0v) is 18.6. The minimum atomic E-state index is -3.23. The van der Waals surface area contributed by atoms with Crippen LogP contribution in [-0.4, -0.2) is 41.6 Å². The molecule has 2 aliphatic carbocycles. The van der Waals surface area contributed by atoms with Crippen molar-refractivity contribution in [2.75, 3.05) is 17.3 Å². The number of amides is 1. The minimum Gasteiger partial charge on any atom is -0.383 e. The van der Waals surface area contributed by atoms with Crippen molar-refractivity contribution < 1.29 is 13.2 Å². The summed E-state index contributed by atoms with van der Waals surface area (Å²) >= 11 is 0. The van der Waals surface area contributed by atoms with Crippen molar-refractivity contribution in [3.63, 3.8) is 0 Å². The highest BCUT2D eigenvalue weighted by molar-refractivity contribution is 7.88. The van der Waals surface area contributed by atoms with E-state index in [1.807, 2.05) is 19.1 Å². The Morgan fingerprint density at radius 1 is 1.19 bits per heavy atom. The molecule has 0 aromatic carbocycles. The van der Waals surface area contributed by atoms with Crippen LogP contribution in [0.2, 0.25) is 0 Å².